The van der Waals surface area contributed by atoms with Crippen LogP contribution in [0.2, 0.25) is 10.0 Å². The molecule has 0 atom stereocenters. The van der Waals surface area contributed by atoms with Gasteiger partial charge in [0.2, 0.25) is 0 Å². The number of carbonyl (C=O) groups is 1. The van der Waals surface area contributed by atoms with Crippen LogP contribution in [0.1, 0.15) is 21.5 Å². The van der Waals surface area contributed by atoms with Crippen LogP contribution < -0.4 is 10.9 Å². The van der Waals surface area contributed by atoms with Crippen LogP contribution in [0.5, 0.6) is 5.75 Å². The maximum absolute atomic E-state index is 14.1. The summed E-state index contributed by atoms with van der Waals surface area (Å²) >= 11 is 15.0. The summed E-state index contributed by atoms with van der Waals surface area (Å²) in [5, 5.41) is 13.4. The minimum atomic E-state index is -0.599. The van der Waals surface area contributed by atoms with E-state index in [1.54, 1.807) is 24.3 Å². The van der Waals surface area contributed by atoms with Gasteiger partial charge in [0.1, 0.15) is 11.6 Å². The van der Waals surface area contributed by atoms with Crippen molar-refractivity contribution in [2.24, 2.45) is 0 Å². The van der Waals surface area contributed by atoms with Gasteiger partial charge < -0.3 is 15.0 Å². The largest absolute Gasteiger partial charge is 0.507 e. The number of carbonyl (C=O) groups excluding carboxylic acids is 1. The topological polar surface area (TPSA) is 71.3 Å². The molecule has 3 rings (SSSR count). The Morgan fingerprint density at radius 3 is 2.59 bits per heavy atom. The Morgan fingerprint density at radius 2 is 1.90 bits per heavy atom. The Kier molecular flexibility index (Phi) is 6.62. The third kappa shape index (κ3) is 5.18. The van der Waals surface area contributed by atoms with Crippen molar-refractivity contribution < 1.29 is 14.3 Å². The van der Waals surface area contributed by atoms with Gasteiger partial charge in [0.05, 0.1) is 22.2 Å². The van der Waals surface area contributed by atoms with Crippen molar-refractivity contribution >= 4 is 45.0 Å². The first-order valence-electron chi connectivity index (χ1n) is 8.34. The average molecular weight is 500 g/mol. The van der Waals surface area contributed by atoms with E-state index in [1.807, 2.05) is 0 Å². The summed E-state index contributed by atoms with van der Waals surface area (Å²) in [6.07, 6.45) is 1.20. The molecule has 9 heteroatoms. The number of hydrogen-bond acceptors (Lipinski definition) is 3. The van der Waals surface area contributed by atoms with Crippen molar-refractivity contribution in [3.05, 3.63) is 96.0 Å². The van der Waals surface area contributed by atoms with Crippen LogP contribution in [-0.2, 0) is 13.1 Å². The highest BCUT2D eigenvalue weighted by Crippen LogP contribution is 2.23. The molecule has 150 valence electrons. The fourth-order valence-electron chi connectivity index (χ4n) is 2.62. The van der Waals surface area contributed by atoms with Crippen molar-refractivity contribution in [3.8, 4) is 5.75 Å². The summed E-state index contributed by atoms with van der Waals surface area (Å²) < 4.78 is 15.8. The molecule has 3 aromatic rings. The van der Waals surface area contributed by atoms with Crippen LogP contribution in [0.25, 0.3) is 0 Å². The van der Waals surface area contributed by atoms with Crippen molar-refractivity contribution in [3.63, 3.8) is 0 Å². The number of aromatic nitrogens is 1. The highest BCUT2D eigenvalue weighted by molar-refractivity contribution is 9.10. The molecule has 2 N–H and O–H groups in total. The molecule has 0 aliphatic heterocycles. The van der Waals surface area contributed by atoms with Gasteiger partial charge in [-0.3, -0.25) is 9.59 Å². The Balaban J connectivity index is 1.81. The molecular formula is C20H14BrCl2FN2O3. The lowest BCUT2D eigenvalue weighted by atomic mass is 10.2. The van der Waals surface area contributed by atoms with Gasteiger partial charge in [0.15, 0.2) is 0 Å². The molecule has 0 bridgehead atoms. The van der Waals surface area contributed by atoms with Crippen molar-refractivity contribution in [2.45, 2.75) is 13.1 Å². The number of benzene rings is 2. The first-order chi connectivity index (χ1) is 13.7. The molecule has 0 aliphatic rings. The zero-order chi connectivity index (χ0) is 21.1. The van der Waals surface area contributed by atoms with Crippen molar-refractivity contribution in [2.75, 3.05) is 0 Å². The molecular weight excluding hydrogens is 486 g/mol. The summed E-state index contributed by atoms with van der Waals surface area (Å²) in [5.41, 5.74) is 0.300. The van der Waals surface area contributed by atoms with Crippen LogP contribution in [0.4, 0.5) is 4.39 Å². The molecule has 2 aromatic carbocycles. The number of rotatable bonds is 5. The lowest BCUT2D eigenvalue weighted by Crippen LogP contribution is -2.27. The van der Waals surface area contributed by atoms with E-state index in [-0.39, 0.29) is 24.2 Å². The lowest BCUT2D eigenvalue weighted by molar-refractivity contribution is 0.0947. The van der Waals surface area contributed by atoms with Crippen LogP contribution in [-0.4, -0.2) is 15.6 Å². The molecule has 0 saturated heterocycles. The second-order valence-electron chi connectivity index (χ2n) is 6.21. The fraction of sp³-hybridized carbons (Fsp3) is 0.100. The summed E-state index contributed by atoms with van der Waals surface area (Å²) in [7, 11) is 0. The minimum absolute atomic E-state index is 0.0920. The number of hydrogen-bond donors (Lipinski definition) is 2. The van der Waals surface area contributed by atoms with Crippen molar-refractivity contribution in [1.82, 2.24) is 9.88 Å². The molecule has 5 nitrogen and oxygen atoms in total. The standard InChI is InChI=1S/C20H14BrCl2FN2O3/c21-13-3-2-12(17(24)6-13)9-26-10-14(18(27)7-19(26)28)20(29)25-8-11-1-4-15(22)16(23)5-11/h1-7,10,27H,8-9H2,(H,25,29). The number of pyridine rings is 1. The van der Waals surface area contributed by atoms with E-state index in [4.69, 9.17) is 23.2 Å². The smallest absolute Gasteiger partial charge is 0.256 e. The maximum atomic E-state index is 14.1. The van der Waals surface area contributed by atoms with Crippen LogP contribution >= 0.6 is 39.1 Å². The maximum Gasteiger partial charge on any atom is 0.256 e. The highest BCUT2D eigenvalue weighted by Gasteiger charge is 2.15. The zero-order valence-electron chi connectivity index (χ0n) is 14.8. The van der Waals surface area contributed by atoms with Gasteiger partial charge in [0, 0.05) is 28.8 Å². The van der Waals surface area contributed by atoms with E-state index < -0.39 is 23.0 Å². The monoisotopic (exact) mass is 498 g/mol. The number of nitrogens with one attached hydrogen (secondary N) is 1. The lowest BCUT2D eigenvalue weighted by Gasteiger charge is -2.12. The Hall–Kier alpha value is -2.35. The zero-order valence-corrected chi connectivity index (χ0v) is 17.9. The first-order valence-corrected chi connectivity index (χ1v) is 9.89. The molecule has 29 heavy (non-hydrogen) atoms. The SMILES string of the molecule is O=C(NCc1ccc(Cl)c(Cl)c1)c1cn(Cc2ccc(Br)cc2F)c(=O)cc1O. The third-order valence-electron chi connectivity index (χ3n) is 4.14. The molecule has 1 aromatic heterocycles. The summed E-state index contributed by atoms with van der Waals surface area (Å²) in [6, 6.07) is 10.3. The quantitative estimate of drug-likeness (QED) is 0.532. The minimum Gasteiger partial charge on any atom is -0.507 e. The molecule has 0 saturated carbocycles. The van der Waals surface area contributed by atoms with Crippen LogP contribution in [0.15, 0.2) is 57.9 Å². The third-order valence-corrected chi connectivity index (χ3v) is 5.37. The summed E-state index contributed by atoms with van der Waals surface area (Å²) in [4.78, 5) is 24.7. The summed E-state index contributed by atoms with van der Waals surface area (Å²) in [5.74, 6) is -1.56. The van der Waals surface area contributed by atoms with E-state index >= 15 is 0 Å². The highest BCUT2D eigenvalue weighted by atomic mass is 79.9. The molecule has 0 radical (unpaired) electrons. The fourth-order valence-corrected chi connectivity index (χ4v) is 3.28. The van der Waals surface area contributed by atoms with Gasteiger partial charge in [-0.2, -0.15) is 0 Å². The number of amides is 1. The van der Waals surface area contributed by atoms with E-state index in [1.165, 1.54) is 18.3 Å². The van der Waals surface area contributed by atoms with Crippen LogP contribution in [0, 0.1) is 5.82 Å². The predicted molar refractivity (Wildman–Crippen MR) is 113 cm³/mol. The van der Waals surface area contributed by atoms with Crippen molar-refractivity contribution in [1.29, 1.82) is 0 Å². The first kappa shape index (κ1) is 21.4. The van der Waals surface area contributed by atoms with Gasteiger partial charge >= 0.3 is 0 Å². The van der Waals surface area contributed by atoms with E-state index in [0.29, 0.717) is 20.1 Å². The van der Waals surface area contributed by atoms with E-state index in [9.17, 15) is 19.1 Å². The van der Waals surface area contributed by atoms with Gasteiger partial charge in [-0.15, -0.1) is 0 Å². The van der Waals surface area contributed by atoms with Crippen LogP contribution in [0.3, 0.4) is 0 Å². The number of nitrogens with zero attached hydrogens (tertiary/aromatic N) is 1. The van der Waals surface area contributed by atoms with Gasteiger partial charge in [0.25, 0.3) is 11.5 Å². The van der Waals surface area contributed by atoms with E-state index in [0.717, 1.165) is 10.6 Å². The average Bonchev–Trinajstić information content (AvgIpc) is 2.66. The molecule has 0 aliphatic carbocycles. The Morgan fingerprint density at radius 1 is 1.14 bits per heavy atom. The van der Waals surface area contributed by atoms with Gasteiger partial charge in [-0.05, 0) is 29.8 Å². The number of halogens is 4. The second kappa shape index (κ2) is 8.98. The Bertz CT molecular complexity index is 1150. The van der Waals surface area contributed by atoms with Gasteiger partial charge in [-0.1, -0.05) is 51.3 Å². The molecule has 0 fully saturated rings. The normalized spacial score (nSPS) is 10.8. The van der Waals surface area contributed by atoms with E-state index in [2.05, 4.69) is 21.2 Å². The second-order valence-corrected chi connectivity index (χ2v) is 7.94. The molecule has 0 unspecified atom stereocenters. The molecule has 1 amide bonds. The summed E-state index contributed by atoms with van der Waals surface area (Å²) in [6.45, 7) is 0.0426. The molecule has 0 spiro atoms. The predicted octanol–water partition coefficient (Wildman–Crippen LogP) is 4.74. The Labute approximate surface area is 183 Å². The van der Waals surface area contributed by atoms with Gasteiger partial charge in [-0.25, -0.2) is 4.39 Å². The number of aromatic hydroxyl groups is 1. The molecule has 1 heterocycles.